The molecule has 0 saturated heterocycles. The number of aromatic nitrogens is 3. The molecule has 0 amide bonds. The van der Waals surface area contributed by atoms with Crippen molar-refractivity contribution in [2.24, 2.45) is 0 Å². The van der Waals surface area contributed by atoms with Crippen LogP contribution in [0.4, 0.5) is 5.69 Å². The topological polar surface area (TPSA) is 50.7 Å². The summed E-state index contributed by atoms with van der Waals surface area (Å²) in [6, 6.07) is 0. The van der Waals surface area contributed by atoms with Crippen LogP contribution in [0, 0.1) is 0 Å². The standard InChI is InChI=1S/C12H14N4S/c1-2-9(3-1)12-15-6-10(7-16-12)14-8-11-13-4-5-17-11/h4-7,9,14H,1-3,8H2. The zero-order chi connectivity index (χ0) is 11.5. The summed E-state index contributed by atoms with van der Waals surface area (Å²) in [5.41, 5.74) is 0.961. The molecule has 0 spiro atoms. The lowest BCUT2D eigenvalue weighted by Crippen LogP contribution is -2.12. The molecule has 2 aromatic rings. The number of thiazole rings is 1. The van der Waals surface area contributed by atoms with E-state index >= 15 is 0 Å². The van der Waals surface area contributed by atoms with E-state index < -0.39 is 0 Å². The molecule has 1 aliphatic carbocycles. The Morgan fingerprint density at radius 2 is 2.06 bits per heavy atom. The third-order valence-electron chi connectivity index (χ3n) is 3.07. The van der Waals surface area contributed by atoms with Gasteiger partial charge in [-0.25, -0.2) is 15.0 Å². The van der Waals surface area contributed by atoms with Crippen molar-refractivity contribution in [2.75, 3.05) is 5.32 Å². The van der Waals surface area contributed by atoms with Gasteiger partial charge < -0.3 is 5.32 Å². The van der Waals surface area contributed by atoms with Gasteiger partial charge in [-0.05, 0) is 12.8 Å². The largest absolute Gasteiger partial charge is 0.376 e. The fourth-order valence-corrected chi connectivity index (χ4v) is 2.38. The predicted molar refractivity (Wildman–Crippen MR) is 68.1 cm³/mol. The van der Waals surface area contributed by atoms with E-state index in [1.165, 1.54) is 19.3 Å². The number of hydrogen-bond donors (Lipinski definition) is 1. The zero-order valence-corrected chi connectivity index (χ0v) is 10.3. The fraction of sp³-hybridized carbons (Fsp3) is 0.417. The minimum atomic E-state index is 0.600. The summed E-state index contributed by atoms with van der Waals surface area (Å²) in [6.45, 7) is 0.740. The lowest BCUT2D eigenvalue weighted by molar-refractivity contribution is 0.401. The van der Waals surface area contributed by atoms with Crippen molar-refractivity contribution in [3.63, 3.8) is 0 Å². The maximum Gasteiger partial charge on any atom is 0.131 e. The highest BCUT2D eigenvalue weighted by atomic mass is 32.1. The van der Waals surface area contributed by atoms with Crippen LogP contribution < -0.4 is 5.32 Å². The van der Waals surface area contributed by atoms with Crippen molar-refractivity contribution in [1.29, 1.82) is 0 Å². The van der Waals surface area contributed by atoms with Crippen molar-refractivity contribution in [1.82, 2.24) is 15.0 Å². The average Bonchev–Trinajstić information content (AvgIpc) is 2.79. The van der Waals surface area contributed by atoms with Crippen molar-refractivity contribution in [2.45, 2.75) is 31.7 Å². The van der Waals surface area contributed by atoms with E-state index in [2.05, 4.69) is 20.3 Å². The SMILES string of the molecule is c1csc(CNc2cnc(C3CCC3)nc2)n1. The van der Waals surface area contributed by atoms with Gasteiger partial charge in [0.25, 0.3) is 0 Å². The van der Waals surface area contributed by atoms with Crippen LogP contribution in [-0.2, 0) is 6.54 Å². The van der Waals surface area contributed by atoms with E-state index in [1.54, 1.807) is 11.3 Å². The normalized spacial score (nSPS) is 15.5. The molecule has 2 heterocycles. The predicted octanol–water partition coefficient (Wildman–Crippen LogP) is 2.81. The van der Waals surface area contributed by atoms with Gasteiger partial charge in [-0.3, -0.25) is 0 Å². The average molecular weight is 246 g/mol. The monoisotopic (exact) mass is 246 g/mol. The van der Waals surface area contributed by atoms with Gasteiger partial charge in [0, 0.05) is 17.5 Å². The Morgan fingerprint density at radius 1 is 1.24 bits per heavy atom. The number of nitrogens with one attached hydrogen (secondary N) is 1. The van der Waals surface area contributed by atoms with Gasteiger partial charge in [-0.2, -0.15) is 0 Å². The molecule has 0 radical (unpaired) electrons. The molecule has 4 nitrogen and oxygen atoms in total. The summed E-state index contributed by atoms with van der Waals surface area (Å²) in [5.74, 6) is 1.60. The first-order valence-electron chi connectivity index (χ1n) is 5.86. The molecule has 1 saturated carbocycles. The summed E-state index contributed by atoms with van der Waals surface area (Å²) in [6.07, 6.45) is 9.36. The van der Waals surface area contributed by atoms with Gasteiger partial charge in [0.1, 0.15) is 10.8 Å². The molecular weight excluding hydrogens is 232 g/mol. The second kappa shape index (κ2) is 4.79. The molecule has 0 atom stereocenters. The van der Waals surface area contributed by atoms with E-state index in [0.717, 1.165) is 23.1 Å². The Hall–Kier alpha value is -1.49. The minimum absolute atomic E-state index is 0.600. The first-order valence-corrected chi connectivity index (χ1v) is 6.74. The van der Waals surface area contributed by atoms with Crippen LogP contribution in [0.3, 0.4) is 0 Å². The van der Waals surface area contributed by atoms with E-state index in [0.29, 0.717) is 5.92 Å². The minimum Gasteiger partial charge on any atom is -0.376 e. The number of anilines is 1. The van der Waals surface area contributed by atoms with Gasteiger partial charge in [0.05, 0.1) is 24.6 Å². The molecule has 0 bridgehead atoms. The lowest BCUT2D eigenvalue weighted by Gasteiger charge is -2.23. The maximum absolute atomic E-state index is 4.41. The van der Waals surface area contributed by atoms with Crippen molar-refractivity contribution in [3.8, 4) is 0 Å². The molecule has 5 heteroatoms. The van der Waals surface area contributed by atoms with E-state index in [4.69, 9.17) is 0 Å². The van der Waals surface area contributed by atoms with Crippen molar-refractivity contribution < 1.29 is 0 Å². The number of nitrogens with zero attached hydrogens (tertiary/aromatic N) is 3. The Labute approximate surface area is 104 Å². The maximum atomic E-state index is 4.41. The summed E-state index contributed by atoms with van der Waals surface area (Å²) in [5, 5.41) is 6.33. The highest BCUT2D eigenvalue weighted by Gasteiger charge is 2.21. The Morgan fingerprint density at radius 3 is 2.65 bits per heavy atom. The van der Waals surface area contributed by atoms with Gasteiger partial charge in [-0.15, -0.1) is 11.3 Å². The molecule has 1 fully saturated rings. The Bertz CT molecular complexity index is 462. The number of rotatable bonds is 4. The lowest BCUT2D eigenvalue weighted by atomic mass is 9.85. The van der Waals surface area contributed by atoms with Crippen LogP contribution in [0.15, 0.2) is 24.0 Å². The van der Waals surface area contributed by atoms with E-state index in [-0.39, 0.29) is 0 Å². The summed E-state index contributed by atoms with van der Waals surface area (Å²) >= 11 is 1.65. The quantitative estimate of drug-likeness (QED) is 0.901. The second-order valence-corrected chi connectivity index (χ2v) is 5.22. The van der Waals surface area contributed by atoms with Crippen molar-refractivity contribution >= 4 is 17.0 Å². The van der Waals surface area contributed by atoms with E-state index in [1.807, 2.05) is 24.0 Å². The third-order valence-corrected chi connectivity index (χ3v) is 3.85. The van der Waals surface area contributed by atoms with Gasteiger partial charge in [0.2, 0.25) is 0 Å². The van der Waals surface area contributed by atoms with Gasteiger partial charge >= 0.3 is 0 Å². The first kappa shape index (κ1) is 10.7. The summed E-state index contributed by atoms with van der Waals surface area (Å²) in [4.78, 5) is 13.0. The summed E-state index contributed by atoms with van der Waals surface area (Å²) in [7, 11) is 0. The Kier molecular flexibility index (Phi) is 3.00. The van der Waals surface area contributed by atoms with Gasteiger partial charge in [-0.1, -0.05) is 6.42 Å². The van der Waals surface area contributed by atoms with Crippen LogP contribution in [0.1, 0.15) is 36.0 Å². The fourth-order valence-electron chi connectivity index (χ4n) is 1.82. The van der Waals surface area contributed by atoms with Gasteiger partial charge in [0.15, 0.2) is 0 Å². The highest BCUT2D eigenvalue weighted by Crippen LogP contribution is 2.34. The molecule has 1 N–H and O–H groups in total. The molecule has 0 aliphatic heterocycles. The third kappa shape index (κ3) is 2.44. The zero-order valence-electron chi connectivity index (χ0n) is 9.47. The molecule has 88 valence electrons. The molecule has 0 aromatic carbocycles. The molecule has 3 rings (SSSR count). The smallest absolute Gasteiger partial charge is 0.131 e. The molecule has 0 unspecified atom stereocenters. The Balaban J connectivity index is 1.60. The van der Waals surface area contributed by atoms with Crippen molar-refractivity contribution in [3.05, 3.63) is 34.8 Å². The van der Waals surface area contributed by atoms with Crippen LogP contribution in [0.5, 0.6) is 0 Å². The first-order chi connectivity index (χ1) is 8.42. The molecule has 2 aromatic heterocycles. The summed E-state index contributed by atoms with van der Waals surface area (Å²) < 4.78 is 0. The van der Waals surface area contributed by atoms with Crippen LogP contribution in [0.25, 0.3) is 0 Å². The second-order valence-electron chi connectivity index (χ2n) is 4.24. The van der Waals surface area contributed by atoms with E-state index in [9.17, 15) is 0 Å². The number of hydrogen-bond acceptors (Lipinski definition) is 5. The highest BCUT2D eigenvalue weighted by molar-refractivity contribution is 7.09. The van der Waals surface area contributed by atoms with Crippen LogP contribution in [0.2, 0.25) is 0 Å². The van der Waals surface area contributed by atoms with Crippen LogP contribution in [-0.4, -0.2) is 15.0 Å². The molecule has 1 aliphatic rings. The van der Waals surface area contributed by atoms with Crippen LogP contribution >= 0.6 is 11.3 Å². The molecular formula is C12H14N4S. The molecule has 17 heavy (non-hydrogen) atoms.